The summed E-state index contributed by atoms with van der Waals surface area (Å²) in [6.07, 6.45) is -0.0371. The van der Waals surface area contributed by atoms with Gasteiger partial charge in [0.2, 0.25) is 0 Å². The van der Waals surface area contributed by atoms with Crippen LogP contribution in [0.4, 0.5) is 5.69 Å². The van der Waals surface area contributed by atoms with Crippen molar-refractivity contribution in [3.8, 4) is 0 Å². The second-order valence-electron chi connectivity index (χ2n) is 3.97. The summed E-state index contributed by atoms with van der Waals surface area (Å²) in [5.74, 6) is -0.870. The lowest BCUT2D eigenvalue weighted by atomic mass is 10.0. The summed E-state index contributed by atoms with van der Waals surface area (Å²) in [5, 5.41) is 8.68. The normalized spacial score (nSPS) is 12.2. The first-order valence-electron chi connectivity index (χ1n) is 5.90. The first-order valence-corrected chi connectivity index (χ1v) is 5.90. The highest BCUT2D eigenvalue weighted by Gasteiger charge is 2.10. The zero-order valence-corrected chi connectivity index (χ0v) is 10.4. The molecule has 0 bridgehead atoms. The van der Waals surface area contributed by atoms with Crippen LogP contribution in [-0.4, -0.2) is 24.2 Å². The summed E-state index contributed by atoms with van der Waals surface area (Å²) < 4.78 is 0. The molecule has 0 saturated heterocycles. The van der Waals surface area contributed by atoms with E-state index in [1.165, 1.54) is 0 Å². The van der Waals surface area contributed by atoms with Crippen LogP contribution in [0.3, 0.4) is 0 Å². The van der Waals surface area contributed by atoms with Gasteiger partial charge in [-0.2, -0.15) is 0 Å². The number of carboxylic acid groups (broad SMARTS) is 1. The number of hydrogen-bond acceptors (Lipinski definition) is 3. The van der Waals surface area contributed by atoms with Gasteiger partial charge in [0.1, 0.15) is 0 Å². The van der Waals surface area contributed by atoms with E-state index in [1.807, 2.05) is 24.3 Å². The minimum Gasteiger partial charge on any atom is -0.481 e. The maximum absolute atomic E-state index is 10.6. The van der Waals surface area contributed by atoms with Crippen molar-refractivity contribution in [2.45, 2.75) is 26.3 Å². The third kappa shape index (κ3) is 3.75. The molecule has 1 aromatic rings. The molecule has 3 N–H and O–H groups in total. The SMILES string of the molecule is CCN(CC)c1ccc([C@@H](N)CC(=O)O)cc1. The molecule has 0 aliphatic rings. The molecule has 0 aromatic heterocycles. The molecule has 0 aliphatic heterocycles. The van der Waals surface area contributed by atoms with Gasteiger partial charge in [-0.15, -0.1) is 0 Å². The zero-order valence-electron chi connectivity index (χ0n) is 10.4. The topological polar surface area (TPSA) is 66.6 Å². The molecule has 0 heterocycles. The van der Waals surface area contributed by atoms with E-state index in [0.717, 1.165) is 24.3 Å². The number of hydrogen-bond donors (Lipinski definition) is 2. The highest BCUT2D eigenvalue weighted by atomic mass is 16.4. The smallest absolute Gasteiger partial charge is 0.305 e. The minimum atomic E-state index is -0.870. The lowest BCUT2D eigenvalue weighted by Gasteiger charge is -2.21. The molecule has 94 valence electrons. The van der Waals surface area contributed by atoms with E-state index < -0.39 is 12.0 Å². The Morgan fingerprint density at radius 2 is 1.82 bits per heavy atom. The molecule has 17 heavy (non-hydrogen) atoms. The van der Waals surface area contributed by atoms with Gasteiger partial charge in [0.15, 0.2) is 0 Å². The minimum absolute atomic E-state index is 0.0371. The largest absolute Gasteiger partial charge is 0.481 e. The van der Waals surface area contributed by atoms with Crippen LogP contribution in [-0.2, 0) is 4.79 Å². The van der Waals surface area contributed by atoms with Crippen LogP contribution in [0.5, 0.6) is 0 Å². The number of nitrogens with two attached hydrogens (primary N) is 1. The van der Waals surface area contributed by atoms with Gasteiger partial charge >= 0.3 is 5.97 Å². The standard InChI is InChI=1S/C13H20N2O2/c1-3-15(4-2)11-7-5-10(6-8-11)12(14)9-13(16)17/h5-8,12H,3-4,9,14H2,1-2H3,(H,16,17)/t12-/m0/s1. The van der Waals surface area contributed by atoms with E-state index in [9.17, 15) is 4.79 Å². The van der Waals surface area contributed by atoms with Gasteiger partial charge < -0.3 is 15.7 Å². The summed E-state index contributed by atoms with van der Waals surface area (Å²) in [6.45, 7) is 6.12. The van der Waals surface area contributed by atoms with E-state index in [0.29, 0.717) is 0 Å². The summed E-state index contributed by atoms with van der Waals surface area (Å²) in [5.41, 5.74) is 7.80. The zero-order chi connectivity index (χ0) is 12.8. The van der Waals surface area contributed by atoms with Gasteiger partial charge in [-0.25, -0.2) is 0 Å². The van der Waals surface area contributed by atoms with E-state index in [-0.39, 0.29) is 6.42 Å². The van der Waals surface area contributed by atoms with Gasteiger partial charge in [-0.05, 0) is 31.5 Å². The highest BCUT2D eigenvalue weighted by Crippen LogP contribution is 2.19. The van der Waals surface area contributed by atoms with E-state index in [1.54, 1.807) is 0 Å². The molecule has 0 spiro atoms. The Balaban J connectivity index is 2.76. The monoisotopic (exact) mass is 236 g/mol. The van der Waals surface area contributed by atoms with Crippen LogP contribution in [0.1, 0.15) is 31.9 Å². The number of benzene rings is 1. The summed E-state index contributed by atoms with van der Waals surface area (Å²) in [4.78, 5) is 12.8. The van der Waals surface area contributed by atoms with Crippen molar-refractivity contribution in [1.82, 2.24) is 0 Å². The van der Waals surface area contributed by atoms with E-state index >= 15 is 0 Å². The molecule has 0 radical (unpaired) electrons. The van der Waals surface area contributed by atoms with Crippen molar-refractivity contribution in [1.29, 1.82) is 0 Å². The molecule has 4 nitrogen and oxygen atoms in total. The molecule has 0 amide bonds. The summed E-state index contributed by atoms with van der Waals surface area (Å²) in [7, 11) is 0. The number of anilines is 1. The van der Waals surface area contributed by atoms with Gasteiger partial charge in [0.25, 0.3) is 0 Å². The van der Waals surface area contributed by atoms with Crippen molar-refractivity contribution >= 4 is 11.7 Å². The second-order valence-corrected chi connectivity index (χ2v) is 3.97. The molecular weight excluding hydrogens is 216 g/mol. The molecule has 0 fully saturated rings. The maximum atomic E-state index is 10.6. The number of nitrogens with zero attached hydrogens (tertiary/aromatic N) is 1. The van der Waals surface area contributed by atoms with Crippen LogP contribution in [0.25, 0.3) is 0 Å². The predicted molar refractivity (Wildman–Crippen MR) is 69.2 cm³/mol. The maximum Gasteiger partial charge on any atom is 0.305 e. The quantitative estimate of drug-likeness (QED) is 0.793. The highest BCUT2D eigenvalue weighted by molar-refractivity contribution is 5.68. The molecule has 4 heteroatoms. The predicted octanol–water partition coefficient (Wildman–Crippen LogP) is 2.01. The molecular formula is C13H20N2O2. The Hall–Kier alpha value is -1.55. The van der Waals surface area contributed by atoms with Gasteiger partial charge in [-0.1, -0.05) is 12.1 Å². The second kappa shape index (κ2) is 6.25. The summed E-state index contributed by atoms with van der Waals surface area (Å²) in [6, 6.07) is 7.36. The fourth-order valence-corrected chi connectivity index (χ4v) is 1.83. The third-order valence-corrected chi connectivity index (χ3v) is 2.84. The average molecular weight is 236 g/mol. The number of rotatable bonds is 6. The van der Waals surface area contributed by atoms with Crippen LogP contribution in [0, 0.1) is 0 Å². The number of carboxylic acids is 1. The number of carbonyl (C=O) groups is 1. The Morgan fingerprint density at radius 1 is 1.29 bits per heavy atom. The molecule has 1 aromatic carbocycles. The molecule has 0 saturated carbocycles. The Morgan fingerprint density at radius 3 is 2.24 bits per heavy atom. The summed E-state index contributed by atoms with van der Waals surface area (Å²) >= 11 is 0. The van der Waals surface area contributed by atoms with Crippen LogP contribution in [0.2, 0.25) is 0 Å². The Bertz CT molecular complexity index is 358. The molecule has 1 rings (SSSR count). The fraction of sp³-hybridized carbons (Fsp3) is 0.462. The van der Waals surface area contributed by atoms with Crippen molar-refractivity contribution in [3.63, 3.8) is 0 Å². The van der Waals surface area contributed by atoms with Gasteiger partial charge in [0, 0.05) is 24.8 Å². The molecule has 0 unspecified atom stereocenters. The fourth-order valence-electron chi connectivity index (χ4n) is 1.83. The van der Waals surface area contributed by atoms with Crippen molar-refractivity contribution in [3.05, 3.63) is 29.8 Å². The Kier molecular flexibility index (Phi) is 4.97. The third-order valence-electron chi connectivity index (χ3n) is 2.84. The van der Waals surface area contributed by atoms with Crippen molar-refractivity contribution < 1.29 is 9.90 Å². The van der Waals surface area contributed by atoms with Gasteiger partial charge in [0.05, 0.1) is 6.42 Å². The van der Waals surface area contributed by atoms with E-state index in [2.05, 4.69) is 18.7 Å². The lowest BCUT2D eigenvalue weighted by Crippen LogP contribution is -2.22. The molecule has 0 aliphatic carbocycles. The van der Waals surface area contributed by atoms with Crippen LogP contribution < -0.4 is 10.6 Å². The lowest BCUT2D eigenvalue weighted by molar-refractivity contribution is -0.137. The Labute approximate surface area is 102 Å². The van der Waals surface area contributed by atoms with Crippen molar-refractivity contribution in [2.75, 3.05) is 18.0 Å². The first-order chi connectivity index (χ1) is 8.08. The first kappa shape index (κ1) is 13.5. The average Bonchev–Trinajstić information content (AvgIpc) is 2.30. The van der Waals surface area contributed by atoms with Gasteiger partial charge in [-0.3, -0.25) is 4.79 Å². The number of aliphatic carboxylic acids is 1. The molecule has 1 atom stereocenters. The van der Waals surface area contributed by atoms with Crippen molar-refractivity contribution in [2.24, 2.45) is 5.73 Å². The van der Waals surface area contributed by atoms with E-state index in [4.69, 9.17) is 10.8 Å². The van der Waals surface area contributed by atoms with Crippen LogP contribution >= 0.6 is 0 Å². The van der Waals surface area contributed by atoms with Crippen LogP contribution in [0.15, 0.2) is 24.3 Å².